The van der Waals surface area contributed by atoms with Crippen molar-refractivity contribution in [3.63, 3.8) is 0 Å². The number of rotatable bonds is 3. The highest BCUT2D eigenvalue weighted by atomic mass is 79.9. The predicted molar refractivity (Wildman–Crippen MR) is 89.7 cm³/mol. The van der Waals surface area contributed by atoms with Gasteiger partial charge >= 0.3 is 12.4 Å². The van der Waals surface area contributed by atoms with Crippen LogP contribution in [0.15, 0.2) is 54.7 Å². The van der Waals surface area contributed by atoms with Crippen LogP contribution >= 0.6 is 0 Å². The van der Waals surface area contributed by atoms with Gasteiger partial charge in [-0.3, -0.25) is 4.79 Å². The fourth-order valence-corrected chi connectivity index (χ4v) is 2.90. The molecule has 3 rings (SSSR count). The third-order valence-electron chi connectivity index (χ3n) is 4.26. The highest BCUT2D eigenvalue weighted by Gasteiger charge is 2.37. The minimum absolute atomic E-state index is 0. The minimum Gasteiger partial charge on any atom is -1.00 e. The summed E-state index contributed by atoms with van der Waals surface area (Å²) in [4.78, 5) is 12.5. The van der Waals surface area contributed by atoms with Gasteiger partial charge in [-0.1, -0.05) is 11.6 Å². The molecule has 0 unspecified atom stereocenters. The molecule has 2 aromatic carbocycles. The van der Waals surface area contributed by atoms with Crippen LogP contribution in [0.1, 0.15) is 27.0 Å². The lowest BCUT2D eigenvalue weighted by Crippen LogP contribution is -3.00. The molecule has 0 aliphatic rings. The summed E-state index contributed by atoms with van der Waals surface area (Å²) in [5.41, 5.74) is -2.04. The minimum atomic E-state index is -5.00. The van der Waals surface area contributed by atoms with Crippen molar-refractivity contribution in [1.29, 1.82) is 0 Å². The monoisotopic (exact) mass is 477 g/mol. The van der Waals surface area contributed by atoms with Crippen molar-refractivity contribution in [2.24, 2.45) is 0 Å². The molecule has 0 bridgehead atoms. The number of alkyl halides is 6. The highest BCUT2D eigenvalue weighted by Crippen LogP contribution is 2.36. The highest BCUT2D eigenvalue weighted by molar-refractivity contribution is 5.95. The third-order valence-corrected chi connectivity index (χ3v) is 4.26. The van der Waals surface area contributed by atoms with E-state index in [1.165, 1.54) is 4.57 Å². The largest absolute Gasteiger partial charge is 1.00 e. The molecule has 0 atom stereocenters. The molecule has 0 fully saturated rings. The number of Topliss-reactive ketones (excluding diaryl/α,β-unsaturated/α-hetero) is 1. The Hall–Kier alpha value is -2.42. The Kier molecular flexibility index (Phi) is 6.42. The second-order valence-electron chi connectivity index (χ2n) is 6.42. The molecule has 0 N–H and O–H groups in total. The van der Waals surface area contributed by atoms with Crippen molar-refractivity contribution in [3.8, 4) is 0 Å². The topological polar surface area (TPSA) is 20.9 Å². The Bertz CT molecular complexity index is 1030. The number of carbonyl (C=O) groups is 1. The number of hydrogen-bond acceptors (Lipinski definition) is 1. The van der Waals surface area contributed by atoms with Gasteiger partial charge in [-0.15, -0.1) is 0 Å². The van der Waals surface area contributed by atoms with Crippen LogP contribution in [0.3, 0.4) is 0 Å². The summed E-state index contributed by atoms with van der Waals surface area (Å²) >= 11 is 0. The standard InChI is InChI=1S/C20H14F6NO.BrH/c1-12-4-5-17-13(7-12)3-2-6-27(17)11-18(28)14-8-15(19(21,22)23)10-16(9-14)20(24,25)26;/h2-10H,11H2,1H3;1H/q+1;/p-1. The van der Waals surface area contributed by atoms with E-state index in [0.717, 1.165) is 10.9 Å². The average Bonchev–Trinajstić information content (AvgIpc) is 2.59. The molecule has 0 saturated heterocycles. The summed E-state index contributed by atoms with van der Waals surface area (Å²) in [6.07, 6.45) is -8.45. The quantitative estimate of drug-likeness (QED) is 0.322. The molecule has 0 aliphatic carbocycles. The van der Waals surface area contributed by atoms with Gasteiger partial charge in [0.2, 0.25) is 17.8 Å². The smallest absolute Gasteiger partial charge is 0.416 e. The van der Waals surface area contributed by atoms with Gasteiger partial charge in [0.25, 0.3) is 0 Å². The first kappa shape index (κ1) is 22.9. The van der Waals surface area contributed by atoms with Crippen molar-refractivity contribution >= 4 is 16.7 Å². The van der Waals surface area contributed by atoms with E-state index in [0.29, 0.717) is 17.6 Å². The number of benzene rings is 2. The lowest BCUT2D eigenvalue weighted by atomic mass is 10.0. The second kappa shape index (κ2) is 8.14. The maximum atomic E-state index is 13.0. The Labute approximate surface area is 172 Å². The Morgan fingerprint density at radius 1 is 0.897 bits per heavy atom. The summed E-state index contributed by atoms with van der Waals surface area (Å²) in [5, 5.41) is 0.801. The van der Waals surface area contributed by atoms with Gasteiger partial charge < -0.3 is 17.0 Å². The van der Waals surface area contributed by atoms with E-state index in [1.807, 2.05) is 13.0 Å². The van der Waals surface area contributed by atoms with E-state index in [4.69, 9.17) is 0 Å². The van der Waals surface area contributed by atoms with Gasteiger partial charge in [0, 0.05) is 23.1 Å². The summed E-state index contributed by atoms with van der Waals surface area (Å²) in [7, 11) is 0. The summed E-state index contributed by atoms with van der Waals surface area (Å²) in [6, 6.07) is 9.77. The molecular formula is C20H14BrF6NO. The van der Waals surface area contributed by atoms with Crippen LogP contribution in [-0.4, -0.2) is 5.78 Å². The van der Waals surface area contributed by atoms with Crippen LogP contribution in [0.5, 0.6) is 0 Å². The van der Waals surface area contributed by atoms with Gasteiger partial charge in [0.1, 0.15) is 0 Å². The number of aryl methyl sites for hydroxylation is 1. The SMILES string of the molecule is Cc1ccc2c(ccc[n+]2CC(=O)c2cc(C(F)(F)F)cc(C(F)(F)F)c2)c1.[Br-]. The van der Waals surface area contributed by atoms with Gasteiger partial charge in [-0.2, -0.15) is 30.9 Å². The number of hydrogen-bond donors (Lipinski definition) is 0. The molecule has 0 aliphatic heterocycles. The number of carbonyl (C=O) groups excluding carboxylic acids is 1. The van der Waals surface area contributed by atoms with Gasteiger partial charge in [-0.05, 0) is 37.3 Å². The van der Waals surface area contributed by atoms with E-state index in [2.05, 4.69) is 0 Å². The number of aromatic nitrogens is 1. The zero-order valence-corrected chi connectivity index (χ0v) is 16.5. The van der Waals surface area contributed by atoms with Gasteiger partial charge in [-0.25, -0.2) is 0 Å². The first-order valence-corrected chi connectivity index (χ1v) is 8.17. The number of pyridine rings is 1. The molecule has 29 heavy (non-hydrogen) atoms. The summed E-state index contributed by atoms with van der Waals surface area (Å²) < 4.78 is 79.4. The summed E-state index contributed by atoms with van der Waals surface area (Å²) in [6.45, 7) is 1.49. The average molecular weight is 478 g/mol. The normalized spacial score (nSPS) is 12.0. The number of nitrogens with zero attached hydrogens (tertiary/aromatic N) is 1. The van der Waals surface area contributed by atoms with Gasteiger partial charge in [0.15, 0.2) is 6.20 Å². The molecule has 0 radical (unpaired) electrons. The third kappa shape index (κ3) is 5.14. The van der Waals surface area contributed by atoms with Crippen molar-refractivity contribution in [2.45, 2.75) is 25.8 Å². The van der Waals surface area contributed by atoms with E-state index < -0.39 is 34.8 Å². The fourth-order valence-electron chi connectivity index (χ4n) is 2.90. The van der Waals surface area contributed by atoms with Crippen molar-refractivity contribution < 1.29 is 52.7 Å². The van der Waals surface area contributed by atoms with Crippen LogP contribution in [0.2, 0.25) is 0 Å². The number of ketones is 1. The number of halogens is 7. The molecular weight excluding hydrogens is 464 g/mol. The first-order valence-electron chi connectivity index (χ1n) is 8.17. The maximum absolute atomic E-state index is 13.0. The number of fused-ring (bicyclic) bond motifs is 1. The molecule has 3 aromatic rings. The molecule has 0 amide bonds. The Morgan fingerprint density at radius 3 is 2.03 bits per heavy atom. The van der Waals surface area contributed by atoms with Crippen LogP contribution < -0.4 is 21.5 Å². The summed E-state index contributed by atoms with van der Waals surface area (Å²) in [5.74, 6) is -0.852. The molecule has 9 heteroatoms. The Balaban J connectivity index is 0.00000300. The Morgan fingerprint density at radius 2 is 1.48 bits per heavy atom. The maximum Gasteiger partial charge on any atom is 0.416 e. The van der Waals surface area contributed by atoms with Crippen LogP contribution in [-0.2, 0) is 18.9 Å². The van der Waals surface area contributed by atoms with Crippen LogP contribution in [0.4, 0.5) is 26.3 Å². The van der Waals surface area contributed by atoms with E-state index in [-0.39, 0.29) is 29.6 Å². The van der Waals surface area contributed by atoms with Crippen molar-refractivity contribution in [3.05, 3.63) is 77.0 Å². The molecule has 1 heterocycles. The molecule has 154 valence electrons. The van der Waals surface area contributed by atoms with E-state index >= 15 is 0 Å². The molecule has 0 spiro atoms. The van der Waals surface area contributed by atoms with Gasteiger partial charge in [0.05, 0.1) is 11.1 Å². The predicted octanol–water partition coefficient (Wildman–Crippen LogP) is 2.36. The lowest BCUT2D eigenvalue weighted by molar-refractivity contribution is -0.657. The zero-order chi connectivity index (χ0) is 20.7. The van der Waals surface area contributed by atoms with Crippen molar-refractivity contribution in [2.75, 3.05) is 0 Å². The van der Waals surface area contributed by atoms with E-state index in [1.54, 1.807) is 30.5 Å². The fraction of sp³-hybridized carbons (Fsp3) is 0.200. The molecule has 1 aromatic heterocycles. The molecule has 0 saturated carbocycles. The molecule has 2 nitrogen and oxygen atoms in total. The van der Waals surface area contributed by atoms with Crippen LogP contribution in [0.25, 0.3) is 10.9 Å². The second-order valence-corrected chi connectivity index (χ2v) is 6.42. The lowest BCUT2D eigenvalue weighted by Gasteiger charge is -2.13. The zero-order valence-electron chi connectivity index (χ0n) is 14.9. The van der Waals surface area contributed by atoms with Crippen LogP contribution in [0, 0.1) is 6.92 Å². The first-order chi connectivity index (χ1) is 12.9. The van der Waals surface area contributed by atoms with E-state index in [9.17, 15) is 31.1 Å². The van der Waals surface area contributed by atoms with Crippen molar-refractivity contribution in [1.82, 2.24) is 0 Å².